The lowest BCUT2D eigenvalue weighted by molar-refractivity contribution is -0.129. The summed E-state index contributed by atoms with van der Waals surface area (Å²) in [5.74, 6) is 1.19. The van der Waals surface area contributed by atoms with Crippen LogP contribution in [0.4, 0.5) is 0 Å². The van der Waals surface area contributed by atoms with Crippen molar-refractivity contribution in [1.29, 1.82) is 0 Å². The van der Waals surface area contributed by atoms with Crippen molar-refractivity contribution < 1.29 is 9.21 Å². The first-order chi connectivity index (χ1) is 10.7. The van der Waals surface area contributed by atoms with E-state index in [9.17, 15) is 4.79 Å². The summed E-state index contributed by atoms with van der Waals surface area (Å²) in [5, 5.41) is 0. The number of rotatable bonds is 7. The predicted octanol–water partition coefficient (Wildman–Crippen LogP) is 3.39. The maximum Gasteiger partial charge on any atom is 0.229 e. The molecule has 2 rings (SSSR count). The van der Waals surface area contributed by atoms with Crippen molar-refractivity contribution in [2.75, 3.05) is 13.1 Å². The molecule has 1 amide bonds. The molecule has 1 aromatic carbocycles. The van der Waals surface area contributed by atoms with Crippen molar-refractivity contribution in [2.24, 2.45) is 0 Å². The zero-order valence-electron chi connectivity index (χ0n) is 12.8. The van der Waals surface area contributed by atoms with E-state index < -0.39 is 0 Å². The number of amides is 1. The Morgan fingerprint density at radius 2 is 1.86 bits per heavy atom. The Labute approximate surface area is 130 Å². The third-order valence-electron chi connectivity index (χ3n) is 3.28. The van der Waals surface area contributed by atoms with E-state index in [4.69, 9.17) is 4.42 Å². The Balaban J connectivity index is 2.16. The molecule has 0 N–H and O–H groups in total. The summed E-state index contributed by atoms with van der Waals surface area (Å²) >= 11 is 0. The molecule has 0 saturated carbocycles. The van der Waals surface area contributed by atoms with E-state index in [0.29, 0.717) is 30.4 Å². The second kappa shape index (κ2) is 7.41. The van der Waals surface area contributed by atoms with Gasteiger partial charge in [-0.15, -0.1) is 13.2 Å². The first kappa shape index (κ1) is 15.8. The molecular formula is C18H20N2O2. The second-order valence-corrected chi connectivity index (χ2v) is 4.94. The molecule has 0 aliphatic rings. The SMILES string of the molecule is C=CCN(CC=C)C(=O)Cc1nc(-c2ccccc2)oc1C. The molecule has 0 saturated heterocycles. The lowest BCUT2D eigenvalue weighted by atomic mass is 10.2. The van der Waals surface area contributed by atoms with Gasteiger partial charge in [0.25, 0.3) is 0 Å². The molecule has 0 fully saturated rings. The topological polar surface area (TPSA) is 46.3 Å². The zero-order valence-corrected chi connectivity index (χ0v) is 12.8. The number of aromatic nitrogens is 1. The van der Waals surface area contributed by atoms with Gasteiger partial charge in [-0.1, -0.05) is 30.4 Å². The van der Waals surface area contributed by atoms with E-state index in [1.807, 2.05) is 37.3 Å². The van der Waals surface area contributed by atoms with Crippen molar-refractivity contribution in [3.8, 4) is 11.5 Å². The van der Waals surface area contributed by atoms with E-state index in [-0.39, 0.29) is 12.3 Å². The molecule has 0 radical (unpaired) electrons. The molecule has 0 spiro atoms. The first-order valence-corrected chi connectivity index (χ1v) is 7.17. The van der Waals surface area contributed by atoms with Crippen LogP contribution in [0, 0.1) is 6.92 Å². The summed E-state index contributed by atoms with van der Waals surface area (Å²) in [6.45, 7) is 10.2. The first-order valence-electron chi connectivity index (χ1n) is 7.17. The summed E-state index contributed by atoms with van der Waals surface area (Å²) in [4.78, 5) is 18.5. The molecule has 0 atom stereocenters. The van der Waals surface area contributed by atoms with Gasteiger partial charge in [0.05, 0.1) is 12.1 Å². The van der Waals surface area contributed by atoms with Crippen LogP contribution in [0.3, 0.4) is 0 Å². The summed E-state index contributed by atoms with van der Waals surface area (Å²) < 4.78 is 5.68. The number of carbonyl (C=O) groups excluding carboxylic acids is 1. The Hall–Kier alpha value is -2.62. The molecule has 114 valence electrons. The second-order valence-electron chi connectivity index (χ2n) is 4.94. The molecule has 0 aliphatic carbocycles. The van der Waals surface area contributed by atoms with Gasteiger partial charge >= 0.3 is 0 Å². The van der Waals surface area contributed by atoms with Crippen LogP contribution in [0.15, 0.2) is 60.1 Å². The van der Waals surface area contributed by atoms with Gasteiger partial charge in [0.2, 0.25) is 11.8 Å². The Bertz CT molecular complexity index is 649. The largest absolute Gasteiger partial charge is 0.441 e. The minimum Gasteiger partial charge on any atom is -0.441 e. The van der Waals surface area contributed by atoms with Gasteiger partial charge in [-0.05, 0) is 19.1 Å². The molecule has 1 heterocycles. The summed E-state index contributed by atoms with van der Waals surface area (Å²) in [6, 6.07) is 9.65. The van der Waals surface area contributed by atoms with Gasteiger partial charge < -0.3 is 9.32 Å². The monoisotopic (exact) mass is 296 g/mol. The maximum atomic E-state index is 12.3. The normalized spacial score (nSPS) is 10.2. The summed E-state index contributed by atoms with van der Waals surface area (Å²) in [7, 11) is 0. The van der Waals surface area contributed by atoms with E-state index in [1.54, 1.807) is 17.1 Å². The lowest BCUT2D eigenvalue weighted by Gasteiger charge is -2.18. The number of carbonyl (C=O) groups is 1. The highest BCUT2D eigenvalue weighted by molar-refractivity contribution is 5.79. The van der Waals surface area contributed by atoms with E-state index in [0.717, 1.165) is 5.56 Å². The molecule has 0 bridgehead atoms. The van der Waals surface area contributed by atoms with Crippen molar-refractivity contribution in [2.45, 2.75) is 13.3 Å². The van der Waals surface area contributed by atoms with Gasteiger partial charge in [0.1, 0.15) is 5.76 Å². The van der Waals surface area contributed by atoms with Crippen LogP contribution in [-0.2, 0) is 11.2 Å². The highest BCUT2D eigenvalue weighted by atomic mass is 16.4. The quantitative estimate of drug-likeness (QED) is 0.736. The average Bonchev–Trinajstić information content (AvgIpc) is 2.89. The van der Waals surface area contributed by atoms with Gasteiger partial charge in [-0.3, -0.25) is 4.79 Å². The van der Waals surface area contributed by atoms with Crippen LogP contribution in [0.25, 0.3) is 11.5 Å². The van der Waals surface area contributed by atoms with Crippen LogP contribution in [0.2, 0.25) is 0 Å². The zero-order chi connectivity index (χ0) is 15.9. The van der Waals surface area contributed by atoms with Crippen molar-refractivity contribution in [1.82, 2.24) is 9.88 Å². The molecule has 4 heteroatoms. The molecular weight excluding hydrogens is 276 g/mol. The van der Waals surface area contributed by atoms with Crippen LogP contribution >= 0.6 is 0 Å². The van der Waals surface area contributed by atoms with Crippen LogP contribution < -0.4 is 0 Å². The Kier molecular flexibility index (Phi) is 5.31. The fourth-order valence-electron chi connectivity index (χ4n) is 2.14. The summed E-state index contributed by atoms with van der Waals surface area (Å²) in [6.07, 6.45) is 3.61. The number of oxazole rings is 1. The smallest absolute Gasteiger partial charge is 0.229 e. The maximum absolute atomic E-state index is 12.3. The fourth-order valence-corrected chi connectivity index (χ4v) is 2.14. The van der Waals surface area contributed by atoms with E-state index in [1.165, 1.54) is 0 Å². The number of hydrogen-bond donors (Lipinski definition) is 0. The van der Waals surface area contributed by atoms with E-state index >= 15 is 0 Å². The number of nitrogens with zero attached hydrogens (tertiary/aromatic N) is 2. The number of aryl methyl sites for hydroxylation is 1. The van der Waals surface area contributed by atoms with Crippen molar-refractivity contribution in [3.63, 3.8) is 0 Å². The standard InChI is InChI=1S/C18H20N2O2/c1-4-11-20(12-5-2)17(21)13-16-14(3)22-18(19-16)15-9-7-6-8-10-15/h4-10H,1-2,11-13H2,3H3. The van der Waals surface area contributed by atoms with Crippen LogP contribution in [-0.4, -0.2) is 28.9 Å². The van der Waals surface area contributed by atoms with Gasteiger partial charge in [0.15, 0.2) is 0 Å². The molecule has 2 aromatic rings. The molecule has 1 aromatic heterocycles. The van der Waals surface area contributed by atoms with Crippen molar-refractivity contribution in [3.05, 3.63) is 67.1 Å². The average molecular weight is 296 g/mol. The minimum atomic E-state index is -0.0178. The number of hydrogen-bond acceptors (Lipinski definition) is 3. The van der Waals surface area contributed by atoms with Crippen LogP contribution in [0.1, 0.15) is 11.5 Å². The molecule has 22 heavy (non-hydrogen) atoms. The van der Waals surface area contributed by atoms with Gasteiger partial charge in [-0.25, -0.2) is 4.98 Å². The van der Waals surface area contributed by atoms with Crippen molar-refractivity contribution >= 4 is 5.91 Å². The Morgan fingerprint density at radius 3 is 2.45 bits per heavy atom. The van der Waals surface area contributed by atoms with Gasteiger partial charge in [0, 0.05) is 18.7 Å². The van der Waals surface area contributed by atoms with Crippen LogP contribution in [0.5, 0.6) is 0 Å². The third kappa shape index (κ3) is 3.73. The van der Waals surface area contributed by atoms with Gasteiger partial charge in [-0.2, -0.15) is 0 Å². The molecule has 0 aliphatic heterocycles. The number of benzene rings is 1. The lowest BCUT2D eigenvalue weighted by Crippen LogP contribution is -2.32. The fraction of sp³-hybridized carbons (Fsp3) is 0.222. The Morgan fingerprint density at radius 1 is 1.23 bits per heavy atom. The third-order valence-corrected chi connectivity index (χ3v) is 3.28. The highest BCUT2D eigenvalue weighted by Gasteiger charge is 2.17. The predicted molar refractivity (Wildman–Crippen MR) is 87.4 cm³/mol. The summed E-state index contributed by atoms with van der Waals surface area (Å²) in [5.41, 5.74) is 1.57. The molecule has 0 unspecified atom stereocenters. The minimum absolute atomic E-state index is 0.0178. The highest BCUT2D eigenvalue weighted by Crippen LogP contribution is 2.21. The van der Waals surface area contributed by atoms with E-state index in [2.05, 4.69) is 18.1 Å². The molecule has 4 nitrogen and oxygen atoms in total.